The number of hydrogen-bond acceptors (Lipinski definition) is 7. The molecule has 1 aliphatic rings. The van der Waals surface area contributed by atoms with Gasteiger partial charge in [-0.2, -0.15) is 5.26 Å². The molecule has 0 aliphatic heterocycles. The minimum atomic E-state index is -0.190. The molecule has 0 atom stereocenters. The van der Waals surface area contributed by atoms with E-state index in [4.69, 9.17) is 0 Å². The Hall–Kier alpha value is -2.35. The number of thioether (sulfide) groups is 1. The highest BCUT2D eigenvalue weighted by Crippen LogP contribution is 2.38. The Bertz CT molecular complexity index is 1160. The van der Waals surface area contributed by atoms with Gasteiger partial charge in [0.2, 0.25) is 5.91 Å². The van der Waals surface area contributed by atoms with Gasteiger partial charge in [-0.05, 0) is 49.4 Å². The van der Waals surface area contributed by atoms with Crippen molar-refractivity contribution in [3.63, 3.8) is 0 Å². The van der Waals surface area contributed by atoms with Crippen LogP contribution in [-0.2, 0) is 24.7 Å². The Balaban J connectivity index is 1.45. The van der Waals surface area contributed by atoms with Crippen molar-refractivity contribution in [3.8, 4) is 23.2 Å². The Morgan fingerprint density at radius 3 is 3.00 bits per heavy atom. The molecule has 3 aromatic rings. The number of anilines is 1. The van der Waals surface area contributed by atoms with E-state index in [2.05, 4.69) is 37.5 Å². The quantitative estimate of drug-likeness (QED) is 0.497. The molecule has 0 fully saturated rings. The van der Waals surface area contributed by atoms with Gasteiger partial charge in [0.25, 0.3) is 0 Å². The maximum atomic E-state index is 12.5. The number of carbonyl (C=O) groups is 1. The lowest BCUT2D eigenvalue weighted by Crippen LogP contribution is -2.14. The molecule has 2 N–H and O–H groups in total. The van der Waals surface area contributed by atoms with Crippen LogP contribution >= 0.6 is 39.0 Å². The summed E-state index contributed by atoms with van der Waals surface area (Å²) in [6, 6.07) is 7.35. The van der Waals surface area contributed by atoms with Crippen LogP contribution in [-0.4, -0.2) is 31.5 Å². The number of nitriles is 1. The SMILES string of the molecule is Cn1c(SCC(=O)Nc2sc3c(c2C#N)CCCC3)nnc1-c1cc(Br)ccc1O. The largest absolute Gasteiger partial charge is 0.507 e. The number of rotatable bonds is 5. The lowest BCUT2D eigenvalue weighted by Gasteiger charge is -2.09. The van der Waals surface area contributed by atoms with Gasteiger partial charge in [-0.3, -0.25) is 4.79 Å². The normalized spacial score (nSPS) is 13.0. The lowest BCUT2D eigenvalue weighted by atomic mass is 9.96. The van der Waals surface area contributed by atoms with Gasteiger partial charge < -0.3 is 15.0 Å². The Labute approximate surface area is 190 Å². The van der Waals surface area contributed by atoms with Crippen molar-refractivity contribution in [2.45, 2.75) is 30.8 Å². The molecule has 4 rings (SSSR count). The van der Waals surface area contributed by atoms with E-state index < -0.39 is 0 Å². The fourth-order valence-corrected chi connectivity index (χ4v) is 5.76. The van der Waals surface area contributed by atoms with Gasteiger partial charge in [0.1, 0.15) is 16.8 Å². The molecule has 1 aliphatic carbocycles. The number of fused-ring (bicyclic) bond motifs is 1. The molecule has 154 valence electrons. The monoisotopic (exact) mass is 503 g/mol. The third-order valence-electron chi connectivity index (χ3n) is 4.90. The molecular formula is C20H18BrN5O2S2. The van der Waals surface area contributed by atoms with E-state index in [0.717, 1.165) is 35.7 Å². The number of amides is 1. The molecule has 0 saturated heterocycles. The second-order valence-corrected chi connectivity index (χ2v) is 9.85. The number of hydrogen-bond donors (Lipinski definition) is 2. The Morgan fingerprint density at radius 1 is 1.40 bits per heavy atom. The standard InChI is InChI=1S/C20H18BrN5O2S2/c1-26-18(13-8-11(21)6-7-15(13)27)24-25-20(26)29-10-17(28)23-19-14(9-22)12-4-2-3-5-16(12)30-19/h6-8,27H,2-5,10H2,1H3,(H,23,28). The topological polar surface area (TPSA) is 104 Å². The van der Waals surface area contributed by atoms with E-state index in [1.54, 1.807) is 29.8 Å². The van der Waals surface area contributed by atoms with Gasteiger partial charge in [0.15, 0.2) is 11.0 Å². The number of aromatic hydroxyl groups is 1. The summed E-state index contributed by atoms with van der Waals surface area (Å²) in [7, 11) is 1.79. The van der Waals surface area contributed by atoms with Gasteiger partial charge >= 0.3 is 0 Å². The van der Waals surface area contributed by atoms with Crippen LogP contribution < -0.4 is 5.32 Å². The van der Waals surface area contributed by atoms with Crippen molar-refractivity contribution in [1.29, 1.82) is 5.26 Å². The van der Waals surface area contributed by atoms with Gasteiger partial charge in [0.05, 0.1) is 16.9 Å². The third kappa shape index (κ3) is 4.10. The molecule has 7 nitrogen and oxygen atoms in total. The maximum Gasteiger partial charge on any atom is 0.235 e. The van der Waals surface area contributed by atoms with Crippen molar-refractivity contribution in [2.24, 2.45) is 7.05 Å². The van der Waals surface area contributed by atoms with Crippen molar-refractivity contribution in [2.75, 3.05) is 11.1 Å². The fourth-order valence-electron chi connectivity index (χ4n) is 3.43. The van der Waals surface area contributed by atoms with E-state index >= 15 is 0 Å². The van der Waals surface area contributed by atoms with E-state index in [0.29, 0.717) is 27.1 Å². The summed E-state index contributed by atoms with van der Waals surface area (Å²) in [6.07, 6.45) is 4.10. The zero-order valence-corrected chi connectivity index (χ0v) is 19.3. The van der Waals surface area contributed by atoms with Gasteiger partial charge in [-0.1, -0.05) is 27.7 Å². The van der Waals surface area contributed by atoms with Crippen LogP contribution in [0.5, 0.6) is 5.75 Å². The van der Waals surface area contributed by atoms with Gasteiger partial charge in [-0.15, -0.1) is 21.5 Å². The summed E-state index contributed by atoms with van der Waals surface area (Å²) in [5.41, 5.74) is 2.26. The van der Waals surface area contributed by atoms with Crippen LogP contribution in [0.25, 0.3) is 11.4 Å². The molecule has 2 aromatic heterocycles. The lowest BCUT2D eigenvalue weighted by molar-refractivity contribution is -0.113. The number of benzene rings is 1. The summed E-state index contributed by atoms with van der Waals surface area (Å²) in [4.78, 5) is 13.7. The second kappa shape index (κ2) is 8.79. The molecular weight excluding hydrogens is 486 g/mol. The highest BCUT2D eigenvalue weighted by atomic mass is 79.9. The highest BCUT2D eigenvalue weighted by molar-refractivity contribution is 9.10. The predicted molar refractivity (Wildman–Crippen MR) is 121 cm³/mol. The van der Waals surface area contributed by atoms with E-state index in [1.165, 1.54) is 28.0 Å². The van der Waals surface area contributed by atoms with Crippen molar-refractivity contribution in [1.82, 2.24) is 14.8 Å². The average molecular weight is 504 g/mol. The van der Waals surface area contributed by atoms with Crippen LogP contribution in [0, 0.1) is 11.3 Å². The van der Waals surface area contributed by atoms with Crippen molar-refractivity contribution in [3.05, 3.63) is 38.7 Å². The first kappa shape index (κ1) is 20.9. The number of halogens is 1. The van der Waals surface area contributed by atoms with Gasteiger partial charge in [0, 0.05) is 16.4 Å². The summed E-state index contributed by atoms with van der Waals surface area (Å²) >= 11 is 6.16. The van der Waals surface area contributed by atoms with Crippen LogP contribution in [0.4, 0.5) is 5.00 Å². The van der Waals surface area contributed by atoms with E-state index in [-0.39, 0.29) is 17.4 Å². The van der Waals surface area contributed by atoms with Crippen LogP contribution in [0.3, 0.4) is 0 Å². The number of aromatic nitrogens is 3. The first-order valence-corrected chi connectivity index (χ1v) is 11.9. The number of aryl methyl sites for hydroxylation is 1. The molecule has 0 saturated carbocycles. The number of nitrogens with zero attached hydrogens (tertiary/aromatic N) is 4. The number of phenols is 1. The third-order valence-corrected chi connectivity index (χ3v) is 7.62. The van der Waals surface area contributed by atoms with Gasteiger partial charge in [-0.25, -0.2) is 0 Å². The first-order valence-electron chi connectivity index (χ1n) is 9.33. The Kier molecular flexibility index (Phi) is 6.13. The summed E-state index contributed by atoms with van der Waals surface area (Å²) in [5, 5.41) is 32.1. The average Bonchev–Trinajstić information content (AvgIpc) is 3.27. The minimum absolute atomic E-state index is 0.105. The molecule has 1 amide bonds. The second-order valence-electron chi connectivity index (χ2n) is 6.89. The zero-order valence-electron chi connectivity index (χ0n) is 16.1. The minimum Gasteiger partial charge on any atom is -0.507 e. The van der Waals surface area contributed by atoms with Crippen LogP contribution in [0.15, 0.2) is 27.8 Å². The zero-order chi connectivity index (χ0) is 21.3. The van der Waals surface area contributed by atoms with Crippen molar-refractivity contribution >= 4 is 49.9 Å². The Morgan fingerprint density at radius 2 is 2.20 bits per heavy atom. The number of phenolic OH excluding ortho intramolecular Hbond substituents is 1. The molecule has 30 heavy (non-hydrogen) atoms. The summed E-state index contributed by atoms with van der Waals surface area (Å²) in [5.74, 6) is 0.567. The molecule has 2 heterocycles. The molecule has 0 unspecified atom stereocenters. The highest BCUT2D eigenvalue weighted by Gasteiger charge is 2.22. The summed E-state index contributed by atoms with van der Waals surface area (Å²) < 4.78 is 2.56. The van der Waals surface area contributed by atoms with E-state index in [1.807, 2.05) is 0 Å². The number of thiophene rings is 1. The van der Waals surface area contributed by atoms with Crippen molar-refractivity contribution < 1.29 is 9.90 Å². The summed E-state index contributed by atoms with van der Waals surface area (Å²) in [6.45, 7) is 0. The molecule has 10 heteroatoms. The smallest absolute Gasteiger partial charge is 0.235 e. The molecule has 0 radical (unpaired) electrons. The first-order chi connectivity index (χ1) is 14.5. The maximum absolute atomic E-state index is 12.5. The van der Waals surface area contributed by atoms with Crippen LogP contribution in [0.1, 0.15) is 28.8 Å². The fraction of sp³-hybridized carbons (Fsp3) is 0.300. The van der Waals surface area contributed by atoms with E-state index in [9.17, 15) is 15.2 Å². The number of carbonyl (C=O) groups excluding carboxylic acids is 1. The predicted octanol–water partition coefficient (Wildman–Crippen LogP) is 4.49. The van der Waals surface area contributed by atoms with Crippen LogP contribution in [0.2, 0.25) is 0 Å². The number of nitrogens with one attached hydrogen (secondary N) is 1. The molecule has 0 bridgehead atoms. The molecule has 1 aromatic carbocycles. The molecule has 0 spiro atoms.